The smallest absolute Gasteiger partial charge is 0.374 e. The normalized spacial score (nSPS) is 8.10. The quantitative estimate of drug-likeness (QED) is 0.383. The number of rotatable bonds is 6. The number of nitrogens with one attached hydrogen (secondary N) is 2. The Bertz CT molecular complexity index is 99.8. The highest BCUT2D eigenvalue weighted by Crippen LogP contribution is 1.87. The highest BCUT2D eigenvalue weighted by atomic mass is 16.1. The fourth-order valence-corrected chi connectivity index (χ4v) is 0.668. The predicted octanol–water partition coefficient (Wildman–Crippen LogP) is -0.623. The first-order valence-corrected chi connectivity index (χ1v) is 3.24. The molecule has 0 saturated carbocycles. The van der Waals surface area contributed by atoms with Gasteiger partial charge in [0, 0.05) is 0 Å². The molecule has 0 radical (unpaired) electrons. The van der Waals surface area contributed by atoms with Gasteiger partial charge < -0.3 is 10.5 Å². The molecule has 0 heterocycles. The van der Waals surface area contributed by atoms with Gasteiger partial charge in [-0.2, -0.15) is 0 Å². The molecule has 0 aromatic heterocycles. The second kappa shape index (κ2) is 6.13. The van der Waals surface area contributed by atoms with Crippen LogP contribution in [0.4, 0.5) is 0 Å². The molecular formula is C5H11BN2O2. The van der Waals surface area contributed by atoms with Crippen LogP contribution in [0.15, 0.2) is 0 Å². The summed E-state index contributed by atoms with van der Waals surface area (Å²) in [6.45, 7) is 1.77. The van der Waals surface area contributed by atoms with Crippen molar-refractivity contribution in [3.63, 3.8) is 0 Å². The van der Waals surface area contributed by atoms with Crippen LogP contribution in [0.2, 0.25) is 6.32 Å². The lowest BCUT2D eigenvalue weighted by Crippen LogP contribution is -2.45. The molecule has 0 aromatic carbocycles. The van der Waals surface area contributed by atoms with E-state index in [1.807, 2.05) is 6.92 Å². The van der Waals surface area contributed by atoms with Crippen molar-refractivity contribution in [2.45, 2.75) is 19.7 Å². The molecule has 0 aliphatic rings. The van der Waals surface area contributed by atoms with Gasteiger partial charge in [0.2, 0.25) is 0 Å². The zero-order valence-corrected chi connectivity index (χ0v) is 5.96. The van der Waals surface area contributed by atoms with Crippen molar-refractivity contribution in [1.82, 2.24) is 10.5 Å². The summed E-state index contributed by atoms with van der Waals surface area (Å²) in [6, 6.07) is 0. The summed E-state index contributed by atoms with van der Waals surface area (Å²) in [5.74, 6) is 0. The fraction of sp³-hybridized carbons (Fsp3) is 0.600. The van der Waals surface area contributed by atoms with E-state index in [2.05, 4.69) is 10.5 Å². The van der Waals surface area contributed by atoms with Gasteiger partial charge in [-0.25, -0.2) is 0 Å². The van der Waals surface area contributed by atoms with E-state index in [-0.39, 0.29) is 6.98 Å². The van der Waals surface area contributed by atoms with E-state index in [1.165, 1.54) is 0 Å². The van der Waals surface area contributed by atoms with Gasteiger partial charge in [-0.05, 0) is 6.32 Å². The molecule has 2 amide bonds. The molecule has 56 valence electrons. The second-order valence-corrected chi connectivity index (χ2v) is 1.91. The largest absolute Gasteiger partial charge is 0.382 e. The SMILES string of the molecule is CCCB(NC=O)NC=O. The van der Waals surface area contributed by atoms with Crippen molar-refractivity contribution < 1.29 is 9.59 Å². The molecule has 0 aliphatic heterocycles. The van der Waals surface area contributed by atoms with Crippen molar-refractivity contribution >= 4 is 19.8 Å². The standard InChI is InChI=1S/C5H11BN2O2/c1-2-3-6(7-4-9)8-5-10/h4-5H,2-3H2,1H3,(H,7,9)(H,8,10). The van der Waals surface area contributed by atoms with Gasteiger partial charge in [0.05, 0.1) is 0 Å². The number of hydrogen-bond donors (Lipinski definition) is 2. The Kier molecular flexibility index (Phi) is 5.52. The van der Waals surface area contributed by atoms with Crippen LogP contribution in [0.1, 0.15) is 13.3 Å². The molecule has 0 aliphatic carbocycles. The van der Waals surface area contributed by atoms with Crippen molar-refractivity contribution in [1.29, 1.82) is 0 Å². The minimum Gasteiger partial charge on any atom is -0.382 e. The van der Waals surface area contributed by atoms with Crippen molar-refractivity contribution in [3.05, 3.63) is 0 Å². The van der Waals surface area contributed by atoms with Gasteiger partial charge in [-0.1, -0.05) is 13.3 Å². The molecule has 0 aromatic rings. The molecule has 0 saturated heterocycles. The van der Waals surface area contributed by atoms with E-state index in [9.17, 15) is 9.59 Å². The van der Waals surface area contributed by atoms with Crippen LogP contribution in [0.25, 0.3) is 0 Å². The Morgan fingerprint density at radius 1 is 1.30 bits per heavy atom. The Morgan fingerprint density at radius 3 is 2.10 bits per heavy atom. The van der Waals surface area contributed by atoms with Crippen LogP contribution in [0.3, 0.4) is 0 Å². The first kappa shape index (κ1) is 9.00. The minimum atomic E-state index is -0.208. The predicted molar refractivity (Wildman–Crippen MR) is 39.3 cm³/mol. The molecule has 0 bridgehead atoms. The molecule has 10 heavy (non-hydrogen) atoms. The molecule has 0 unspecified atom stereocenters. The number of amides is 2. The van der Waals surface area contributed by atoms with Crippen molar-refractivity contribution in [2.24, 2.45) is 0 Å². The first-order valence-electron chi connectivity index (χ1n) is 3.24. The number of carbonyl (C=O) groups is 2. The van der Waals surface area contributed by atoms with Crippen LogP contribution in [-0.2, 0) is 9.59 Å². The minimum absolute atomic E-state index is 0.208. The molecule has 0 fully saturated rings. The van der Waals surface area contributed by atoms with Crippen LogP contribution < -0.4 is 10.5 Å². The summed E-state index contributed by atoms with van der Waals surface area (Å²) in [6.07, 6.45) is 2.84. The average Bonchev–Trinajstić information content (AvgIpc) is 1.90. The molecule has 0 rings (SSSR count). The molecular weight excluding hydrogens is 131 g/mol. The molecule has 4 nitrogen and oxygen atoms in total. The highest BCUT2D eigenvalue weighted by molar-refractivity contribution is 6.57. The maximum atomic E-state index is 9.90. The third kappa shape index (κ3) is 3.94. The molecule has 0 atom stereocenters. The fourth-order valence-electron chi connectivity index (χ4n) is 0.668. The van der Waals surface area contributed by atoms with E-state index < -0.39 is 0 Å². The number of carbonyl (C=O) groups excluding carboxylic acids is 2. The molecule has 5 heteroatoms. The Morgan fingerprint density at radius 2 is 1.80 bits per heavy atom. The maximum Gasteiger partial charge on any atom is 0.374 e. The third-order valence-electron chi connectivity index (χ3n) is 1.12. The van der Waals surface area contributed by atoms with Gasteiger partial charge in [-0.15, -0.1) is 0 Å². The average molecular weight is 142 g/mol. The van der Waals surface area contributed by atoms with Gasteiger partial charge in [0.15, 0.2) is 12.8 Å². The van der Waals surface area contributed by atoms with Gasteiger partial charge in [-0.3, -0.25) is 9.59 Å². The Labute approximate surface area is 60.5 Å². The van der Waals surface area contributed by atoms with Gasteiger partial charge >= 0.3 is 6.98 Å². The monoisotopic (exact) mass is 142 g/mol. The van der Waals surface area contributed by atoms with Crippen molar-refractivity contribution in [2.75, 3.05) is 0 Å². The van der Waals surface area contributed by atoms with Crippen LogP contribution >= 0.6 is 0 Å². The van der Waals surface area contributed by atoms with E-state index >= 15 is 0 Å². The van der Waals surface area contributed by atoms with Crippen molar-refractivity contribution in [3.8, 4) is 0 Å². The zero-order chi connectivity index (χ0) is 7.82. The summed E-state index contributed by atoms with van der Waals surface area (Å²) < 4.78 is 0. The summed E-state index contributed by atoms with van der Waals surface area (Å²) in [5, 5.41) is 4.92. The summed E-state index contributed by atoms with van der Waals surface area (Å²) >= 11 is 0. The van der Waals surface area contributed by atoms with E-state index in [0.717, 1.165) is 12.7 Å². The van der Waals surface area contributed by atoms with E-state index in [4.69, 9.17) is 0 Å². The summed E-state index contributed by atoms with van der Waals surface area (Å²) in [5.41, 5.74) is 0. The molecule has 2 N–H and O–H groups in total. The highest BCUT2D eigenvalue weighted by Gasteiger charge is 2.10. The lowest BCUT2D eigenvalue weighted by atomic mass is 9.72. The zero-order valence-electron chi connectivity index (χ0n) is 5.96. The van der Waals surface area contributed by atoms with Crippen LogP contribution in [0.5, 0.6) is 0 Å². The Hall–Kier alpha value is -0.995. The Balaban J connectivity index is 3.48. The summed E-state index contributed by atoms with van der Waals surface area (Å²) in [4.78, 5) is 19.8. The second-order valence-electron chi connectivity index (χ2n) is 1.91. The topological polar surface area (TPSA) is 58.2 Å². The lowest BCUT2D eigenvalue weighted by molar-refractivity contribution is -0.108. The van der Waals surface area contributed by atoms with Gasteiger partial charge in [0.1, 0.15) is 0 Å². The van der Waals surface area contributed by atoms with Crippen LogP contribution in [-0.4, -0.2) is 19.8 Å². The summed E-state index contributed by atoms with van der Waals surface area (Å²) in [7, 11) is 0. The van der Waals surface area contributed by atoms with Crippen LogP contribution in [0, 0.1) is 0 Å². The first-order chi connectivity index (χ1) is 4.85. The van der Waals surface area contributed by atoms with E-state index in [1.54, 1.807) is 0 Å². The maximum absolute atomic E-state index is 9.90. The number of hydrogen-bond acceptors (Lipinski definition) is 2. The third-order valence-corrected chi connectivity index (χ3v) is 1.12. The van der Waals surface area contributed by atoms with Gasteiger partial charge in [0.25, 0.3) is 0 Å². The lowest BCUT2D eigenvalue weighted by Gasteiger charge is -2.06. The molecule has 0 spiro atoms. The van der Waals surface area contributed by atoms with E-state index in [0.29, 0.717) is 12.8 Å².